The molecule has 1 aromatic heterocycles. The summed E-state index contributed by atoms with van der Waals surface area (Å²) in [4.78, 5) is 18.7. The molecule has 0 spiro atoms. The Morgan fingerprint density at radius 1 is 1.37 bits per heavy atom. The first-order valence-electron chi connectivity index (χ1n) is 6.27. The third-order valence-corrected chi connectivity index (χ3v) is 3.08. The Hall–Kier alpha value is -2.30. The first-order valence-corrected chi connectivity index (χ1v) is 6.27. The van der Waals surface area contributed by atoms with E-state index in [4.69, 9.17) is 10.5 Å². The van der Waals surface area contributed by atoms with Gasteiger partial charge in [-0.25, -0.2) is 0 Å². The zero-order chi connectivity index (χ0) is 13.4. The predicted octanol–water partition coefficient (Wildman–Crippen LogP) is 2.33. The van der Waals surface area contributed by atoms with E-state index in [0.29, 0.717) is 29.1 Å². The fraction of sp³-hybridized carbons (Fsp3) is 0.286. The number of hydrogen-bond donors (Lipinski definition) is 2. The van der Waals surface area contributed by atoms with Crippen LogP contribution in [0.4, 0.5) is 5.69 Å². The average molecular weight is 257 g/mol. The van der Waals surface area contributed by atoms with E-state index in [0.717, 1.165) is 18.4 Å². The van der Waals surface area contributed by atoms with Gasteiger partial charge in [0.25, 0.3) is 5.56 Å². The molecule has 1 heterocycles. The van der Waals surface area contributed by atoms with E-state index < -0.39 is 0 Å². The molecule has 0 atom stereocenters. The molecule has 0 saturated heterocycles. The molecule has 5 heteroatoms. The summed E-state index contributed by atoms with van der Waals surface area (Å²) < 4.78 is 5.63. The van der Waals surface area contributed by atoms with E-state index in [1.165, 1.54) is 6.07 Å². The molecule has 0 aliphatic heterocycles. The van der Waals surface area contributed by atoms with Crippen LogP contribution in [-0.2, 0) is 0 Å². The van der Waals surface area contributed by atoms with Crippen molar-refractivity contribution in [2.45, 2.75) is 25.7 Å². The van der Waals surface area contributed by atoms with Gasteiger partial charge in [0.15, 0.2) is 5.75 Å². The van der Waals surface area contributed by atoms with Gasteiger partial charge in [0.2, 0.25) is 5.88 Å². The first kappa shape index (κ1) is 11.8. The number of H-pyrrole nitrogens is 1. The van der Waals surface area contributed by atoms with E-state index in [1.54, 1.807) is 6.07 Å². The van der Waals surface area contributed by atoms with Crippen molar-refractivity contribution in [1.82, 2.24) is 9.97 Å². The lowest BCUT2D eigenvalue weighted by molar-refractivity contribution is 0.459. The molecule has 98 valence electrons. The summed E-state index contributed by atoms with van der Waals surface area (Å²) in [6.45, 7) is 1.95. The Morgan fingerprint density at radius 2 is 2.16 bits per heavy atom. The van der Waals surface area contributed by atoms with Crippen LogP contribution in [0.1, 0.15) is 30.1 Å². The van der Waals surface area contributed by atoms with Crippen LogP contribution in [0.15, 0.2) is 29.1 Å². The van der Waals surface area contributed by atoms with Crippen molar-refractivity contribution in [3.8, 4) is 11.6 Å². The summed E-state index contributed by atoms with van der Waals surface area (Å²) in [5, 5.41) is 0. The van der Waals surface area contributed by atoms with E-state index in [-0.39, 0.29) is 5.56 Å². The number of nitrogen functional groups attached to an aromatic ring is 1. The zero-order valence-corrected chi connectivity index (χ0v) is 10.6. The van der Waals surface area contributed by atoms with Gasteiger partial charge in [0, 0.05) is 5.92 Å². The largest absolute Gasteiger partial charge is 0.437 e. The normalized spacial score (nSPS) is 14.4. The summed E-state index contributed by atoms with van der Waals surface area (Å²) in [6, 6.07) is 6.85. The number of nitrogens with one attached hydrogen (secondary N) is 1. The number of aromatic nitrogens is 2. The van der Waals surface area contributed by atoms with Crippen LogP contribution in [0.2, 0.25) is 0 Å². The van der Waals surface area contributed by atoms with E-state index in [2.05, 4.69) is 9.97 Å². The second-order valence-corrected chi connectivity index (χ2v) is 4.89. The molecule has 3 rings (SSSR count). The van der Waals surface area contributed by atoms with Gasteiger partial charge in [-0.05, 0) is 37.5 Å². The summed E-state index contributed by atoms with van der Waals surface area (Å²) in [5.41, 5.74) is 7.22. The molecule has 1 fully saturated rings. The lowest BCUT2D eigenvalue weighted by Crippen LogP contribution is -2.10. The monoisotopic (exact) mass is 257 g/mol. The molecule has 3 N–H and O–H groups in total. The van der Waals surface area contributed by atoms with Gasteiger partial charge in [-0.3, -0.25) is 4.79 Å². The summed E-state index contributed by atoms with van der Waals surface area (Å²) in [6.07, 6.45) is 2.14. The molecule has 1 aliphatic carbocycles. The fourth-order valence-corrected chi connectivity index (χ4v) is 1.90. The number of hydrogen-bond acceptors (Lipinski definition) is 4. The van der Waals surface area contributed by atoms with Crippen molar-refractivity contribution >= 4 is 5.69 Å². The van der Waals surface area contributed by atoms with Crippen molar-refractivity contribution in [2.75, 3.05) is 5.73 Å². The van der Waals surface area contributed by atoms with Gasteiger partial charge < -0.3 is 15.5 Å². The number of nitrogens with zero attached hydrogens (tertiary/aromatic N) is 1. The van der Waals surface area contributed by atoms with Crippen molar-refractivity contribution in [1.29, 1.82) is 0 Å². The van der Waals surface area contributed by atoms with E-state index >= 15 is 0 Å². The Kier molecular flexibility index (Phi) is 2.74. The molecule has 0 unspecified atom stereocenters. The van der Waals surface area contributed by atoms with Crippen LogP contribution in [-0.4, -0.2) is 9.97 Å². The molecular formula is C14H15N3O2. The van der Waals surface area contributed by atoms with Crippen molar-refractivity contribution < 1.29 is 4.74 Å². The Morgan fingerprint density at radius 3 is 2.89 bits per heavy atom. The molecule has 19 heavy (non-hydrogen) atoms. The number of ether oxygens (including phenoxy) is 1. The number of aryl methyl sites for hydroxylation is 1. The quantitative estimate of drug-likeness (QED) is 0.827. The number of rotatable bonds is 3. The maximum absolute atomic E-state index is 11.6. The molecule has 5 nitrogen and oxygen atoms in total. The molecule has 1 aromatic carbocycles. The van der Waals surface area contributed by atoms with Gasteiger partial charge in [0.05, 0.1) is 11.8 Å². The highest BCUT2D eigenvalue weighted by atomic mass is 16.5. The van der Waals surface area contributed by atoms with Crippen molar-refractivity contribution in [2.24, 2.45) is 0 Å². The second-order valence-electron chi connectivity index (χ2n) is 4.89. The molecule has 1 saturated carbocycles. The SMILES string of the molecule is Cc1ccc(N)c(Oc2cc(=O)[nH]c(C3CC3)n2)c1. The smallest absolute Gasteiger partial charge is 0.254 e. The highest BCUT2D eigenvalue weighted by Gasteiger charge is 2.26. The van der Waals surface area contributed by atoms with Crippen LogP contribution >= 0.6 is 0 Å². The number of aromatic amines is 1. The predicted molar refractivity (Wildman–Crippen MR) is 72.5 cm³/mol. The van der Waals surface area contributed by atoms with Crippen molar-refractivity contribution in [3.63, 3.8) is 0 Å². The second kappa shape index (κ2) is 4.42. The standard InChI is InChI=1S/C14H15N3O2/c1-8-2-5-10(15)11(6-8)19-13-7-12(18)16-14(17-13)9-3-4-9/h2,5-7,9H,3-4,15H2,1H3,(H,16,17,18). The highest BCUT2D eigenvalue weighted by molar-refractivity contribution is 5.54. The topological polar surface area (TPSA) is 81.0 Å². The van der Waals surface area contributed by atoms with Crippen LogP contribution in [0.5, 0.6) is 11.6 Å². The van der Waals surface area contributed by atoms with Crippen molar-refractivity contribution in [3.05, 3.63) is 46.0 Å². The van der Waals surface area contributed by atoms with Gasteiger partial charge in [-0.1, -0.05) is 6.07 Å². The molecule has 0 bridgehead atoms. The fourth-order valence-electron chi connectivity index (χ4n) is 1.90. The zero-order valence-electron chi connectivity index (χ0n) is 10.6. The molecule has 2 aromatic rings. The van der Waals surface area contributed by atoms with Gasteiger partial charge in [0.1, 0.15) is 5.82 Å². The maximum atomic E-state index is 11.6. The van der Waals surface area contributed by atoms with Crippen LogP contribution in [0, 0.1) is 6.92 Å². The highest BCUT2D eigenvalue weighted by Crippen LogP contribution is 2.38. The Labute approximate surface area is 110 Å². The summed E-state index contributed by atoms with van der Waals surface area (Å²) >= 11 is 0. The summed E-state index contributed by atoms with van der Waals surface area (Å²) in [5.74, 6) is 1.89. The first-order chi connectivity index (χ1) is 9.11. The van der Waals surface area contributed by atoms with E-state index in [9.17, 15) is 4.79 Å². The third-order valence-electron chi connectivity index (χ3n) is 3.08. The van der Waals surface area contributed by atoms with Crippen LogP contribution in [0.25, 0.3) is 0 Å². The lowest BCUT2D eigenvalue weighted by atomic mass is 10.2. The number of anilines is 1. The minimum atomic E-state index is -0.196. The van der Waals surface area contributed by atoms with Gasteiger partial charge in [-0.2, -0.15) is 4.98 Å². The van der Waals surface area contributed by atoms with Gasteiger partial charge >= 0.3 is 0 Å². The third kappa shape index (κ3) is 2.59. The molecular weight excluding hydrogens is 242 g/mol. The molecule has 1 aliphatic rings. The average Bonchev–Trinajstić information content (AvgIpc) is 3.17. The summed E-state index contributed by atoms with van der Waals surface area (Å²) in [7, 11) is 0. The Balaban J connectivity index is 1.94. The van der Waals surface area contributed by atoms with Crippen LogP contribution < -0.4 is 16.0 Å². The maximum Gasteiger partial charge on any atom is 0.254 e. The minimum Gasteiger partial charge on any atom is -0.437 e. The number of benzene rings is 1. The lowest BCUT2D eigenvalue weighted by Gasteiger charge is -2.09. The molecule has 0 amide bonds. The Bertz CT molecular complexity index is 675. The van der Waals surface area contributed by atoms with Crippen LogP contribution in [0.3, 0.4) is 0 Å². The number of nitrogens with two attached hydrogens (primary N) is 1. The molecule has 0 radical (unpaired) electrons. The van der Waals surface area contributed by atoms with Gasteiger partial charge in [-0.15, -0.1) is 0 Å². The minimum absolute atomic E-state index is 0.196. The van der Waals surface area contributed by atoms with E-state index in [1.807, 2.05) is 19.1 Å².